The van der Waals surface area contributed by atoms with Gasteiger partial charge in [-0.15, -0.1) is 0 Å². The normalized spacial score (nSPS) is 18.6. The van der Waals surface area contributed by atoms with E-state index in [0.717, 1.165) is 17.1 Å². The maximum Gasteiger partial charge on any atom is 0.303 e. The molecule has 1 aromatic rings. The van der Waals surface area contributed by atoms with Crippen LogP contribution in [0.2, 0.25) is 0 Å². The van der Waals surface area contributed by atoms with Gasteiger partial charge in [0.15, 0.2) is 0 Å². The molecule has 142 valence electrons. The number of benzene rings is 1. The van der Waals surface area contributed by atoms with Crippen molar-refractivity contribution in [3.05, 3.63) is 48.0 Å². The Kier molecular flexibility index (Phi) is 9.08. The van der Waals surface area contributed by atoms with Crippen LogP contribution in [0.5, 0.6) is 0 Å². The van der Waals surface area contributed by atoms with Crippen LogP contribution in [0, 0.1) is 0 Å². The lowest BCUT2D eigenvalue weighted by Gasteiger charge is -2.21. The molecule has 0 spiro atoms. The molecule has 7 heteroatoms. The van der Waals surface area contributed by atoms with E-state index < -0.39 is 12.1 Å². The molecule has 26 heavy (non-hydrogen) atoms. The van der Waals surface area contributed by atoms with Gasteiger partial charge in [0, 0.05) is 30.9 Å². The molecule has 1 aromatic carbocycles. The smallest absolute Gasteiger partial charge is 0.303 e. The van der Waals surface area contributed by atoms with Gasteiger partial charge in [-0.05, 0) is 17.7 Å². The van der Waals surface area contributed by atoms with E-state index in [1.807, 2.05) is 41.3 Å². The summed E-state index contributed by atoms with van der Waals surface area (Å²) in [5.41, 5.74) is 1.08. The first-order chi connectivity index (χ1) is 12.6. The number of hydrogen-bond acceptors (Lipinski definition) is 5. The van der Waals surface area contributed by atoms with Crippen LogP contribution >= 0.6 is 23.5 Å². The Morgan fingerprint density at radius 1 is 1.35 bits per heavy atom. The Labute approximate surface area is 162 Å². The molecule has 1 aliphatic rings. The largest absolute Gasteiger partial charge is 0.481 e. The number of nitrogens with zero attached hydrogens (tertiary/aromatic N) is 1. The summed E-state index contributed by atoms with van der Waals surface area (Å²) in [7, 11) is 0. The maximum atomic E-state index is 12.0. The summed E-state index contributed by atoms with van der Waals surface area (Å²) < 4.78 is 0. The Morgan fingerprint density at radius 3 is 2.85 bits per heavy atom. The third kappa shape index (κ3) is 7.43. The SMILES string of the molecule is O=C(O)CCCSCCN1C(=O)SC[C@@H]1C=C[C@@H](O)Cc1ccccc1. The predicted octanol–water partition coefficient (Wildman–Crippen LogP) is 3.28. The Balaban J connectivity index is 1.74. The number of aliphatic hydroxyl groups is 1. The maximum absolute atomic E-state index is 12.0. The van der Waals surface area contributed by atoms with Crippen LogP contribution in [-0.4, -0.2) is 62.3 Å². The Morgan fingerprint density at radius 2 is 2.12 bits per heavy atom. The quantitative estimate of drug-likeness (QED) is 0.442. The first-order valence-corrected chi connectivity index (χ1v) is 10.8. The van der Waals surface area contributed by atoms with Gasteiger partial charge in [-0.3, -0.25) is 9.59 Å². The number of carboxylic acids is 1. The molecule has 1 heterocycles. The van der Waals surface area contributed by atoms with Crippen LogP contribution in [0.25, 0.3) is 0 Å². The van der Waals surface area contributed by atoms with Gasteiger partial charge in [0.1, 0.15) is 0 Å². The first kappa shape index (κ1) is 20.9. The fraction of sp³-hybridized carbons (Fsp3) is 0.474. The second kappa shape index (κ2) is 11.3. The lowest BCUT2D eigenvalue weighted by molar-refractivity contribution is -0.137. The van der Waals surface area contributed by atoms with Crippen molar-refractivity contribution in [3.8, 4) is 0 Å². The van der Waals surface area contributed by atoms with E-state index in [9.17, 15) is 14.7 Å². The van der Waals surface area contributed by atoms with E-state index >= 15 is 0 Å². The van der Waals surface area contributed by atoms with Crippen molar-refractivity contribution in [3.63, 3.8) is 0 Å². The molecule has 1 aliphatic heterocycles. The zero-order valence-corrected chi connectivity index (χ0v) is 16.3. The molecular formula is C19H25NO4S2. The third-order valence-electron chi connectivity index (χ3n) is 4.01. The van der Waals surface area contributed by atoms with Crippen molar-refractivity contribution >= 4 is 34.7 Å². The molecule has 2 N–H and O–H groups in total. The molecule has 0 radical (unpaired) electrons. The minimum Gasteiger partial charge on any atom is -0.481 e. The topological polar surface area (TPSA) is 77.8 Å². The summed E-state index contributed by atoms with van der Waals surface area (Å²) in [4.78, 5) is 24.3. The Bertz CT molecular complexity index is 609. The highest BCUT2D eigenvalue weighted by molar-refractivity contribution is 8.13. The van der Waals surface area contributed by atoms with Gasteiger partial charge in [0.2, 0.25) is 0 Å². The highest BCUT2D eigenvalue weighted by Crippen LogP contribution is 2.25. The number of thioether (sulfide) groups is 2. The number of carboxylic acid groups (broad SMARTS) is 1. The van der Waals surface area contributed by atoms with Crippen molar-refractivity contribution in [1.29, 1.82) is 0 Å². The number of aliphatic hydroxyl groups excluding tert-OH is 1. The molecule has 0 unspecified atom stereocenters. The number of rotatable bonds is 11. The van der Waals surface area contributed by atoms with Crippen molar-refractivity contribution in [2.24, 2.45) is 0 Å². The van der Waals surface area contributed by atoms with Gasteiger partial charge in [0.25, 0.3) is 5.24 Å². The van der Waals surface area contributed by atoms with Crippen LogP contribution < -0.4 is 0 Å². The summed E-state index contributed by atoms with van der Waals surface area (Å²) in [6.07, 6.45) is 4.55. The minimum atomic E-state index is -0.768. The molecule has 2 atom stereocenters. The number of amides is 1. The average molecular weight is 396 g/mol. The van der Waals surface area contributed by atoms with Gasteiger partial charge >= 0.3 is 5.97 Å². The van der Waals surface area contributed by atoms with Gasteiger partial charge in [-0.1, -0.05) is 54.2 Å². The summed E-state index contributed by atoms with van der Waals surface area (Å²) in [6, 6.07) is 9.84. The number of hydrogen-bond donors (Lipinski definition) is 2. The minimum absolute atomic E-state index is 0.0116. The van der Waals surface area contributed by atoms with Gasteiger partial charge < -0.3 is 15.1 Å². The molecule has 1 fully saturated rings. The first-order valence-electron chi connectivity index (χ1n) is 8.69. The Hall–Kier alpha value is -1.44. The second-order valence-electron chi connectivity index (χ2n) is 6.09. The van der Waals surface area contributed by atoms with E-state index in [-0.39, 0.29) is 17.7 Å². The average Bonchev–Trinajstić information content (AvgIpc) is 2.97. The summed E-state index contributed by atoms with van der Waals surface area (Å²) in [5.74, 6) is 1.52. The highest BCUT2D eigenvalue weighted by atomic mass is 32.2. The fourth-order valence-corrected chi connectivity index (χ4v) is 4.53. The summed E-state index contributed by atoms with van der Waals surface area (Å²) in [6.45, 7) is 0.646. The molecule has 0 aromatic heterocycles. The van der Waals surface area contributed by atoms with Crippen molar-refractivity contribution in [1.82, 2.24) is 4.90 Å². The lowest BCUT2D eigenvalue weighted by atomic mass is 10.1. The molecule has 0 aliphatic carbocycles. The molecule has 2 rings (SSSR count). The second-order valence-corrected chi connectivity index (χ2v) is 8.29. The van der Waals surface area contributed by atoms with Crippen LogP contribution in [0.1, 0.15) is 18.4 Å². The zero-order chi connectivity index (χ0) is 18.8. The monoisotopic (exact) mass is 395 g/mol. The molecule has 5 nitrogen and oxygen atoms in total. The molecule has 0 bridgehead atoms. The van der Waals surface area contributed by atoms with Crippen molar-refractivity contribution in [2.45, 2.75) is 31.4 Å². The number of aliphatic carboxylic acids is 1. The van der Waals surface area contributed by atoms with E-state index in [1.165, 1.54) is 11.8 Å². The van der Waals surface area contributed by atoms with Gasteiger partial charge in [-0.25, -0.2) is 0 Å². The standard InChI is InChI=1S/C19H25NO4S2/c21-17(13-15-5-2-1-3-6-15)9-8-16-14-26-19(24)20(16)10-12-25-11-4-7-18(22)23/h1-3,5-6,8-9,16-17,21H,4,7,10-14H2,(H,22,23)/t16-,17+/m0/s1. The number of carbonyl (C=O) groups excluding carboxylic acids is 1. The molecule has 1 amide bonds. The van der Waals surface area contributed by atoms with Gasteiger partial charge in [0.05, 0.1) is 12.1 Å². The van der Waals surface area contributed by atoms with Crippen LogP contribution in [0.15, 0.2) is 42.5 Å². The van der Waals surface area contributed by atoms with Gasteiger partial charge in [-0.2, -0.15) is 11.8 Å². The van der Waals surface area contributed by atoms with Crippen LogP contribution in [-0.2, 0) is 11.2 Å². The highest BCUT2D eigenvalue weighted by Gasteiger charge is 2.29. The van der Waals surface area contributed by atoms with E-state index in [4.69, 9.17) is 5.11 Å². The zero-order valence-electron chi connectivity index (χ0n) is 14.6. The number of carbonyl (C=O) groups is 2. The molecule has 0 saturated carbocycles. The van der Waals surface area contributed by atoms with E-state index in [1.54, 1.807) is 17.8 Å². The summed E-state index contributed by atoms with van der Waals surface area (Å²) in [5, 5.41) is 18.9. The van der Waals surface area contributed by atoms with Crippen LogP contribution in [0.4, 0.5) is 4.79 Å². The third-order valence-corrected chi connectivity index (χ3v) is 6.05. The molecular weight excluding hydrogens is 370 g/mol. The fourth-order valence-electron chi connectivity index (χ4n) is 2.65. The summed E-state index contributed by atoms with van der Waals surface area (Å²) >= 11 is 2.98. The van der Waals surface area contributed by atoms with Crippen LogP contribution in [0.3, 0.4) is 0 Å². The van der Waals surface area contributed by atoms with Crippen molar-refractivity contribution < 1.29 is 19.8 Å². The molecule has 1 saturated heterocycles. The predicted molar refractivity (Wildman–Crippen MR) is 108 cm³/mol. The van der Waals surface area contributed by atoms with E-state index in [0.29, 0.717) is 25.1 Å². The van der Waals surface area contributed by atoms with Crippen molar-refractivity contribution in [2.75, 3.05) is 23.8 Å². The lowest BCUT2D eigenvalue weighted by Crippen LogP contribution is -2.34. The van der Waals surface area contributed by atoms with E-state index in [2.05, 4.69) is 0 Å².